The molecule has 1 aliphatic carbocycles. The Bertz CT molecular complexity index is 1160. The third-order valence-corrected chi connectivity index (χ3v) is 6.05. The number of allylic oxidation sites excluding steroid dienone is 1. The molecule has 1 aromatic carbocycles. The van der Waals surface area contributed by atoms with Gasteiger partial charge < -0.3 is 26.0 Å². The average molecular weight is 491 g/mol. The number of carbonyl (C=O) groups excluding carboxylic acids is 1. The van der Waals surface area contributed by atoms with E-state index in [1.165, 1.54) is 10.6 Å². The number of hydrogen-bond acceptors (Lipinski definition) is 4. The first-order chi connectivity index (χ1) is 15.7. The maximum absolute atomic E-state index is 12.8. The first-order valence-electron chi connectivity index (χ1n) is 10.2. The second-order valence-electron chi connectivity index (χ2n) is 7.68. The number of urea groups is 1. The van der Waals surface area contributed by atoms with E-state index < -0.39 is 28.5 Å². The van der Waals surface area contributed by atoms with Crippen molar-refractivity contribution in [1.82, 2.24) is 9.88 Å². The number of hydrogen-bond donors (Lipinski definition) is 4. The number of carboxylic acid groups (broad SMARTS) is 1. The Morgan fingerprint density at radius 2 is 2.00 bits per heavy atom. The highest BCUT2D eigenvalue weighted by atomic mass is 35.5. The molecule has 5 N–H and O–H groups in total. The molecule has 0 fully saturated rings. The van der Waals surface area contributed by atoms with E-state index in [1.807, 2.05) is 12.1 Å². The van der Waals surface area contributed by atoms with Crippen LogP contribution >= 0.6 is 23.2 Å². The van der Waals surface area contributed by atoms with Gasteiger partial charge in [-0.15, -0.1) is 11.6 Å². The molecule has 1 aliphatic rings. The molecule has 0 radical (unpaired) electrons. The van der Waals surface area contributed by atoms with Gasteiger partial charge in [0.05, 0.1) is 23.9 Å². The zero-order valence-electron chi connectivity index (χ0n) is 17.6. The Morgan fingerprint density at radius 1 is 1.24 bits per heavy atom. The molecule has 3 rings (SSSR count). The molecule has 2 aromatic rings. The highest BCUT2D eigenvalue weighted by molar-refractivity contribution is 6.31. The summed E-state index contributed by atoms with van der Waals surface area (Å²) in [5.41, 5.74) is 6.65. The fraction of sp³-hybridized carbons (Fsp3) is 0.261. The summed E-state index contributed by atoms with van der Waals surface area (Å²) in [6.07, 6.45) is 6.77. The number of anilines is 1. The average Bonchev–Trinajstić information content (AvgIpc) is 2.78. The molecule has 33 heavy (non-hydrogen) atoms. The van der Waals surface area contributed by atoms with Gasteiger partial charge in [0.2, 0.25) is 0 Å². The van der Waals surface area contributed by atoms with Crippen molar-refractivity contribution in [2.75, 3.05) is 11.9 Å². The van der Waals surface area contributed by atoms with Crippen molar-refractivity contribution < 1.29 is 14.7 Å². The zero-order chi connectivity index (χ0) is 24.0. The number of alkyl halides is 1. The Balaban J connectivity index is 1.73. The Hall–Kier alpha value is -3.07. The number of carbonyl (C=O) groups is 2. The summed E-state index contributed by atoms with van der Waals surface area (Å²) in [6, 6.07) is 8.74. The lowest BCUT2D eigenvalue weighted by molar-refractivity contribution is -0.137. The van der Waals surface area contributed by atoms with E-state index in [0.29, 0.717) is 17.0 Å². The van der Waals surface area contributed by atoms with E-state index in [1.54, 1.807) is 42.6 Å². The van der Waals surface area contributed by atoms with Gasteiger partial charge >= 0.3 is 12.0 Å². The maximum atomic E-state index is 12.8. The molecule has 2 unspecified atom stereocenters. The molecule has 2 atom stereocenters. The predicted molar refractivity (Wildman–Crippen MR) is 129 cm³/mol. The highest BCUT2D eigenvalue weighted by Gasteiger charge is 2.27. The number of nitrogens with zero attached hydrogens (tertiary/aromatic N) is 1. The molecule has 1 aromatic heterocycles. The summed E-state index contributed by atoms with van der Waals surface area (Å²) in [5, 5.41) is 14.9. The maximum Gasteiger partial charge on any atom is 0.319 e. The number of pyridine rings is 1. The minimum atomic E-state index is -1.09. The third kappa shape index (κ3) is 6.47. The van der Waals surface area contributed by atoms with Crippen LogP contribution in [0, 0.1) is 0 Å². The summed E-state index contributed by atoms with van der Waals surface area (Å²) in [4.78, 5) is 36.1. The number of aliphatic carboxylic acids is 1. The molecule has 1 heterocycles. The number of benzene rings is 1. The minimum absolute atomic E-state index is 0.0483. The van der Waals surface area contributed by atoms with Gasteiger partial charge in [0.1, 0.15) is 5.69 Å². The normalized spacial score (nSPS) is 18.3. The van der Waals surface area contributed by atoms with Gasteiger partial charge in [0.25, 0.3) is 5.56 Å². The van der Waals surface area contributed by atoms with Crippen LogP contribution in [0.2, 0.25) is 5.02 Å². The second-order valence-corrected chi connectivity index (χ2v) is 8.84. The van der Waals surface area contributed by atoms with Crippen LogP contribution in [-0.4, -0.2) is 39.1 Å². The number of nitrogens with one attached hydrogen (secondary N) is 2. The number of nitrogens with two attached hydrogens (primary N) is 1. The van der Waals surface area contributed by atoms with E-state index in [2.05, 4.69) is 10.6 Å². The first-order valence-corrected chi connectivity index (χ1v) is 11.0. The molecule has 0 saturated carbocycles. The Kier molecular flexibility index (Phi) is 7.97. The summed E-state index contributed by atoms with van der Waals surface area (Å²) < 4.78 is 1.42. The topological polar surface area (TPSA) is 126 Å². The van der Waals surface area contributed by atoms with Gasteiger partial charge in [-0.05, 0) is 35.8 Å². The SMILES string of the molecule is NCC1(Cl)C=CC(C(CC(=O)O)NC(=O)Nc2cccn(Cc3ccccc3Cl)c2=O)=CC1. The molecule has 0 bridgehead atoms. The third-order valence-electron chi connectivity index (χ3n) is 5.24. The van der Waals surface area contributed by atoms with Crippen LogP contribution in [0.1, 0.15) is 18.4 Å². The van der Waals surface area contributed by atoms with Crippen LogP contribution in [0.25, 0.3) is 0 Å². The van der Waals surface area contributed by atoms with E-state index >= 15 is 0 Å². The minimum Gasteiger partial charge on any atom is -0.481 e. The quantitative estimate of drug-likeness (QED) is 0.422. The van der Waals surface area contributed by atoms with Crippen molar-refractivity contribution in [3.63, 3.8) is 0 Å². The molecule has 0 saturated heterocycles. The number of amides is 2. The lowest BCUT2D eigenvalue weighted by Crippen LogP contribution is -2.42. The van der Waals surface area contributed by atoms with Crippen LogP contribution in [0.15, 0.2) is 71.2 Å². The fourth-order valence-electron chi connectivity index (χ4n) is 3.39. The fourth-order valence-corrected chi connectivity index (χ4v) is 3.72. The van der Waals surface area contributed by atoms with Crippen molar-refractivity contribution >= 4 is 40.9 Å². The first kappa shape index (κ1) is 24.6. The van der Waals surface area contributed by atoms with Gasteiger partial charge in [-0.2, -0.15) is 0 Å². The van der Waals surface area contributed by atoms with Gasteiger partial charge in [-0.25, -0.2) is 4.79 Å². The van der Waals surface area contributed by atoms with Crippen molar-refractivity contribution in [1.29, 1.82) is 0 Å². The molecular formula is C23H24Cl2N4O4. The van der Waals surface area contributed by atoms with Gasteiger partial charge in [0.15, 0.2) is 0 Å². The summed E-state index contributed by atoms with van der Waals surface area (Å²) >= 11 is 12.5. The van der Waals surface area contributed by atoms with Crippen molar-refractivity contribution in [2.45, 2.75) is 30.3 Å². The lowest BCUT2D eigenvalue weighted by Gasteiger charge is -2.27. The Morgan fingerprint density at radius 3 is 2.64 bits per heavy atom. The standard InChI is InChI=1S/C23H24Cl2N4O4/c24-17-5-2-1-4-16(17)13-29-11-3-6-18(21(29)32)27-22(33)28-19(12-20(30)31)15-7-9-23(25,14-26)10-8-15/h1-9,11,19H,10,12-14,26H2,(H,30,31)(H2,27,28,33). The second kappa shape index (κ2) is 10.7. The molecule has 174 valence electrons. The lowest BCUT2D eigenvalue weighted by atomic mass is 9.91. The summed E-state index contributed by atoms with van der Waals surface area (Å²) in [5.74, 6) is -1.09. The predicted octanol–water partition coefficient (Wildman–Crippen LogP) is 3.34. The largest absolute Gasteiger partial charge is 0.481 e. The van der Waals surface area contributed by atoms with Crippen molar-refractivity contribution in [3.8, 4) is 0 Å². The van der Waals surface area contributed by atoms with Crippen LogP contribution in [-0.2, 0) is 11.3 Å². The molecule has 10 heteroatoms. The highest BCUT2D eigenvalue weighted by Crippen LogP contribution is 2.28. The number of carboxylic acids is 1. The monoisotopic (exact) mass is 490 g/mol. The van der Waals surface area contributed by atoms with E-state index in [4.69, 9.17) is 28.9 Å². The van der Waals surface area contributed by atoms with Crippen LogP contribution in [0.4, 0.5) is 10.5 Å². The van der Waals surface area contributed by atoms with Crippen molar-refractivity contribution in [2.24, 2.45) is 5.73 Å². The number of rotatable bonds is 8. The summed E-state index contributed by atoms with van der Waals surface area (Å²) in [6.45, 7) is 0.455. The zero-order valence-corrected chi connectivity index (χ0v) is 19.1. The van der Waals surface area contributed by atoms with Gasteiger partial charge in [-0.3, -0.25) is 9.59 Å². The van der Waals surface area contributed by atoms with E-state index in [-0.39, 0.29) is 25.2 Å². The molecule has 0 aliphatic heterocycles. The smallest absolute Gasteiger partial charge is 0.319 e. The van der Waals surface area contributed by atoms with Crippen LogP contribution in [0.3, 0.4) is 0 Å². The molecule has 2 amide bonds. The van der Waals surface area contributed by atoms with E-state index in [9.17, 15) is 19.5 Å². The summed E-state index contributed by atoms with van der Waals surface area (Å²) in [7, 11) is 0. The molecular weight excluding hydrogens is 467 g/mol. The Labute approximate surface area is 200 Å². The van der Waals surface area contributed by atoms with Crippen LogP contribution in [0.5, 0.6) is 0 Å². The van der Waals surface area contributed by atoms with Gasteiger partial charge in [0, 0.05) is 17.8 Å². The van der Waals surface area contributed by atoms with Gasteiger partial charge in [-0.1, -0.05) is 48.0 Å². The van der Waals surface area contributed by atoms with E-state index in [0.717, 1.165) is 5.56 Å². The van der Waals surface area contributed by atoms with Crippen LogP contribution < -0.4 is 21.9 Å². The molecule has 0 spiro atoms. The molecule has 8 nitrogen and oxygen atoms in total. The van der Waals surface area contributed by atoms with Crippen molar-refractivity contribution in [3.05, 3.63) is 87.3 Å². The number of halogens is 2. The number of aromatic nitrogens is 1.